The van der Waals surface area contributed by atoms with Crippen LogP contribution < -0.4 is 10.0 Å². The standard InChI is InChI=1S/C18H20N2O6S/c1-25-12-13-4-3-5-14(10-13)18(22)20-15-6-8-16(9-7-15)27(23,24)19-11-17(21)26-2/h3-10,19H,11-12H2,1-2H3,(H,20,22). The lowest BCUT2D eigenvalue weighted by Crippen LogP contribution is -2.30. The molecule has 2 aromatic rings. The van der Waals surface area contributed by atoms with Gasteiger partial charge in [0.25, 0.3) is 5.91 Å². The van der Waals surface area contributed by atoms with E-state index >= 15 is 0 Å². The molecule has 0 fully saturated rings. The van der Waals surface area contributed by atoms with Crippen LogP contribution in [0.25, 0.3) is 0 Å². The van der Waals surface area contributed by atoms with Crippen LogP contribution >= 0.6 is 0 Å². The highest BCUT2D eigenvalue weighted by Gasteiger charge is 2.16. The third-order valence-electron chi connectivity index (χ3n) is 3.56. The molecular weight excluding hydrogens is 372 g/mol. The zero-order valence-electron chi connectivity index (χ0n) is 14.9. The lowest BCUT2D eigenvalue weighted by molar-refractivity contribution is -0.139. The first-order chi connectivity index (χ1) is 12.9. The second kappa shape index (κ2) is 9.26. The average molecular weight is 392 g/mol. The number of esters is 1. The number of benzene rings is 2. The molecule has 2 aromatic carbocycles. The summed E-state index contributed by atoms with van der Waals surface area (Å²) in [5, 5.41) is 2.70. The van der Waals surface area contributed by atoms with Crippen molar-refractivity contribution < 1.29 is 27.5 Å². The fourth-order valence-electron chi connectivity index (χ4n) is 2.20. The number of ether oxygens (including phenoxy) is 2. The van der Waals surface area contributed by atoms with Gasteiger partial charge in [-0.2, -0.15) is 4.72 Å². The van der Waals surface area contributed by atoms with Crippen LogP contribution in [-0.4, -0.2) is 41.1 Å². The van der Waals surface area contributed by atoms with Crippen LogP contribution in [0.5, 0.6) is 0 Å². The second-order valence-electron chi connectivity index (χ2n) is 5.51. The van der Waals surface area contributed by atoms with E-state index in [1.807, 2.05) is 6.07 Å². The molecule has 0 saturated carbocycles. The maximum atomic E-state index is 12.3. The van der Waals surface area contributed by atoms with Crippen molar-refractivity contribution in [3.63, 3.8) is 0 Å². The first-order valence-electron chi connectivity index (χ1n) is 7.91. The fourth-order valence-corrected chi connectivity index (χ4v) is 3.17. The van der Waals surface area contributed by atoms with Crippen LogP contribution in [-0.2, 0) is 30.9 Å². The van der Waals surface area contributed by atoms with Gasteiger partial charge in [0.15, 0.2) is 0 Å². The number of methoxy groups -OCH3 is 2. The SMILES string of the molecule is COCc1cccc(C(=O)Nc2ccc(S(=O)(=O)NCC(=O)OC)cc2)c1. The monoisotopic (exact) mass is 392 g/mol. The summed E-state index contributed by atoms with van der Waals surface area (Å²) in [6, 6.07) is 12.6. The zero-order chi connectivity index (χ0) is 19.9. The Hall–Kier alpha value is -2.75. The third-order valence-corrected chi connectivity index (χ3v) is 4.97. The van der Waals surface area contributed by atoms with E-state index in [1.165, 1.54) is 31.4 Å². The molecule has 0 bridgehead atoms. The van der Waals surface area contributed by atoms with Crippen LogP contribution in [0.3, 0.4) is 0 Å². The topological polar surface area (TPSA) is 111 Å². The van der Waals surface area contributed by atoms with Crippen molar-refractivity contribution in [2.75, 3.05) is 26.1 Å². The molecule has 0 aliphatic heterocycles. The van der Waals surface area contributed by atoms with Crippen molar-refractivity contribution >= 4 is 27.6 Å². The molecule has 2 N–H and O–H groups in total. The van der Waals surface area contributed by atoms with Gasteiger partial charge in [-0.25, -0.2) is 8.42 Å². The average Bonchev–Trinajstić information content (AvgIpc) is 2.67. The molecule has 144 valence electrons. The van der Waals surface area contributed by atoms with Gasteiger partial charge in [-0.3, -0.25) is 9.59 Å². The van der Waals surface area contributed by atoms with Gasteiger partial charge in [0.2, 0.25) is 10.0 Å². The van der Waals surface area contributed by atoms with Crippen LogP contribution in [0.1, 0.15) is 15.9 Å². The fraction of sp³-hybridized carbons (Fsp3) is 0.222. The largest absolute Gasteiger partial charge is 0.468 e. The molecule has 0 aliphatic carbocycles. The normalized spacial score (nSPS) is 11.0. The van der Waals surface area contributed by atoms with Crippen molar-refractivity contribution in [3.8, 4) is 0 Å². The van der Waals surface area contributed by atoms with E-state index in [9.17, 15) is 18.0 Å². The number of nitrogens with one attached hydrogen (secondary N) is 2. The Labute approximate surface area is 157 Å². The summed E-state index contributed by atoms with van der Waals surface area (Å²) >= 11 is 0. The Bertz CT molecular complexity index is 910. The van der Waals surface area contributed by atoms with E-state index in [0.717, 1.165) is 5.56 Å². The number of hydrogen-bond donors (Lipinski definition) is 2. The predicted octanol–water partition coefficient (Wildman–Crippen LogP) is 1.54. The number of amides is 1. The summed E-state index contributed by atoms with van der Waals surface area (Å²) in [5.74, 6) is -1.02. The molecule has 27 heavy (non-hydrogen) atoms. The molecule has 8 nitrogen and oxygen atoms in total. The van der Waals surface area contributed by atoms with Crippen molar-refractivity contribution in [2.24, 2.45) is 0 Å². The van der Waals surface area contributed by atoms with Crippen molar-refractivity contribution in [3.05, 3.63) is 59.7 Å². The first kappa shape index (κ1) is 20.6. The van der Waals surface area contributed by atoms with Gasteiger partial charge in [0.05, 0.1) is 18.6 Å². The van der Waals surface area contributed by atoms with Crippen LogP contribution in [0.2, 0.25) is 0 Å². The van der Waals surface area contributed by atoms with Crippen LogP contribution in [0, 0.1) is 0 Å². The highest BCUT2D eigenvalue weighted by Crippen LogP contribution is 2.15. The highest BCUT2D eigenvalue weighted by molar-refractivity contribution is 7.89. The summed E-state index contributed by atoms with van der Waals surface area (Å²) in [7, 11) is -1.11. The van der Waals surface area contributed by atoms with Gasteiger partial charge in [-0.1, -0.05) is 12.1 Å². The summed E-state index contributed by atoms with van der Waals surface area (Å²) in [4.78, 5) is 23.4. The number of hydrogen-bond acceptors (Lipinski definition) is 6. The number of rotatable bonds is 8. The third kappa shape index (κ3) is 5.88. The number of carbonyl (C=O) groups excluding carboxylic acids is 2. The number of sulfonamides is 1. The van der Waals surface area contributed by atoms with Crippen molar-refractivity contribution in [1.82, 2.24) is 4.72 Å². The van der Waals surface area contributed by atoms with Gasteiger partial charge in [0.1, 0.15) is 6.54 Å². The van der Waals surface area contributed by atoms with Gasteiger partial charge in [-0.05, 0) is 42.0 Å². The minimum atomic E-state index is -3.85. The maximum absolute atomic E-state index is 12.3. The molecule has 0 aliphatic rings. The quantitative estimate of drug-likeness (QED) is 0.659. The summed E-state index contributed by atoms with van der Waals surface area (Å²) in [6.07, 6.45) is 0. The lowest BCUT2D eigenvalue weighted by Gasteiger charge is -2.09. The molecule has 0 spiro atoms. The molecule has 1 amide bonds. The Morgan fingerprint density at radius 3 is 2.37 bits per heavy atom. The summed E-state index contributed by atoms with van der Waals surface area (Å²) in [6.45, 7) is -0.0681. The van der Waals surface area contributed by atoms with Gasteiger partial charge >= 0.3 is 5.97 Å². The molecule has 0 heterocycles. The van der Waals surface area contributed by atoms with E-state index in [0.29, 0.717) is 17.9 Å². The Kier molecular flexibility index (Phi) is 7.05. The second-order valence-corrected chi connectivity index (χ2v) is 7.28. The Morgan fingerprint density at radius 1 is 1.04 bits per heavy atom. The van der Waals surface area contributed by atoms with E-state index in [4.69, 9.17) is 4.74 Å². The lowest BCUT2D eigenvalue weighted by atomic mass is 10.1. The molecule has 9 heteroatoms. The number of carbonyl (C=O) groups is 2. The summed E-state index contributed by atoms with van der Waals surface area (Å²) < 4.78 is 35.7. The molecular formula is C18H20N2O6S. The Morgan fingerprint density at radius 2 is 1.74 bits per heavy atom. The Balaban J connectivity index is 2.06. The van der Waals surface area contributed by atoms with Crippen molar-refractivity contribution in [2.45, 2.75) is 11.5 Å². The van der Waals surface area contributed by atoms with Gasteiger partial charge in [-0.15, -0.1) is 0 Å². The maximum Gasteiger partial charge on any atom is 0.320 e. The van der Waals surface area contributed by atoms with Gasteiger partial charge < -0.3 is 14.8 Å². The molecule has 0 radical (unpaired) electrons. The van der Waals surface area contributed by atoms with E-state index in [1.54, 1.807) is 25.3 Å². The summed E-state index contributed by atoms with van der Waals surface area (Å²) in [5.41, 5.74) is 1.76. The molecule has 0 unspecified atom stereocenters. The van der Waals surface area contributed by atoms with Gasteiger partial charge in [0, 0.05) is 18.4 Å². The minimum Gasteiger partial charge on any atom is -0.468 e. The molecule has 2 rings (SSSR count). The van der Waals surface area contributed by atoms with Crippen molar-refractivity contribution in [1.29, 1.82) is 0 Å². The first-order valence-corrected chi connectivity index (χ1v) is 9.40. The number of anilines is 1. The van der Waals surface area contributed by atoms with E-state index < -0.39 is 22.5 Å². The van der Waals surface area contributed by atoms with Crippen LogP contribution in [0.4, 0.5) is 5.69 Å². The molecule has 0 saturated heterocycles. The minimum absolute atomic E-state index is 0.0357. The van der Waals surface area contributed by atoms with E-state index in [-0.39, 0.29) is 10.8 Å². The highest BCUT2D eigenvalue weighted by atomic mass is 32.2. The van der Waals surface area contributed by atoms with Crippen LogP contribution in [0.15, 0.2) is 53.4 Å². The van der Waals surface area contributed by atoms with E-state index in [2.05, 4.69) is 14.8 Å². The zero-order valence-corrected chi connectivity index (χ0v) is 15.7. The predicted molar refractivity (Wildman–Crippen MR) is 98.8 cm³/mol. The smallest absolute Gasteiger partial charge is 0.320 e. The molecule has 0 aromatic heterocycles. The molecule has 0 atom stereocenters.